The van der Waals surface area contributed by atoms with Gasteiger partial charge in [-0.15, -0.1) is 0 Å². The van der Waals surface area contributed by atoms with Crippen LogP contribution in [0.5, 0.6) is 5.75 Å². The molecule has 0 radical (unpaired) electrons. The Balaban J connectivity index is 1.81. The van der Waals surface area contributed by atoms with Gasteiger partial charge in [-0.2, -0.15) is 0 Å². The number of benzene rings is 2. The van der Waals surface area contributed by atoms with Crippen molar-refractivity contribution in [3.63, 3.8) is 0 Å². The van der Waals surface area contributed by atoms with E-state index in [0.717, 1.165) is 17.7 Å². The van der Waals surface area contributed by atoms with E-state index in [2.05, 4.69) is 5.32 Å². The maximum Gasteiger partial charge on any atom is 0.251 e. The first-order valence-electron chi connectivity index (χ1n) is 6.49. The van der Waals surface area contributed by atoms with Gasteiger partial charge in [0, 0.05) is 11.6 Å². The molecule has 2 aromatic rings. The zero-order valence-corrected chi connectivity index (χ0v) is 11.5. The van der Waals surface area contributed by atoms with Crippen LogP contribution in [0, 0.1) is 18.6 Å². The van der Waals surface area contributed by atoms with Crippen molar-refractivity contribution in [1.29, 1.82) is 0 Å². The number of nitrogens with one attached hydrogen (secondary N) is 1. The van der Waals surface area contributed by atoms with Crippen LogP contribution in [0.15, 0.2) is 42.5 Å². The summed E-state index contributed by atoms with van der Waals surface area (Å²) in [6, 6.07) is 10.5. The molecule has 0 spiro atoms. The summed E-state index contributed by atoms with van der Waals surface area (Å²) in [5.41, 5.74) is 1.49. The Bertz CT molecular complexity index is 644. The van der Waals surface area contributed by atoms with Crippen molar-refractivity contribution < 1.29 is 18.3 Å². The van der Waals surface area contributed by atoms with Gasteiger partial charge in [-0.3, -0.25) is 4.79 Å². The molecule has 0 saturated heterocycles. The first-order chi connectivity index (χ1) is 10.1. The number of amides is 1. The predicted molar refractivity (Wildman–Crippen MR) is 75.4 cm³/mol. The molecule has 2 rings (SSSR count). The van der Waals surface area contributed by atoms with Crippen molar-refractivity contribution in [3.8, 4) is 5.75 Å². The van der Waals surface area contributed by atoms with E-state index < -0.39 is 11.6 Å². The molecular formula is C16H15F2NO2. The molecule has 0 heterocycles. The third-order valence-corrected chi connectivity index (χ3v) is 2.94. The number of aryl methyl sites for hydroxylation is 1. The molecule has 3 nitrogen and oxygen atoms in total. The zero-order chi connectivity index (χ0) is 15.2. The molecule has 0 fully saturated rings. The van der Waals surface area contributed by atoms with Crippen LogP contribution in [-0.2, 0) is 0 Å². The van der Waals surface area contributed by atoms with Crippen molar-refractivity contribution in [2.45, 2.75) is 6.92 Å². The van der Waals surface area contributed by atoms with E-state index in [-0.39, 0.29) is 24.8 Å². The van der Waals surface area contributed by atoms with E-state index in [4.69, 9.17) is 4.74 Å². The number of ether oxygens (including phenoxy) is 1. The second-order valence-electron chi connectivity index (χ2n) is 4.50. The monoisotopic (exact) mass is 291 g/mol. The van der Waals surface area contributed by atoms with Crippen LogP contribution in [0.2, 0.25) is 0 Å². The molecule has 1 N–H and O–H groups in total. The van der Waals surface area contributed by atoms with E-state index in [1.165, 1.54) is 6.07 Å². The van der Waals surface area contributed by atoms with Crippen molar-refractivity contribution in [2.75, 3.05) is 13.2 Å². The third-order valence-electron chi connectivity index (χ3n) is 2.94. The van der Waals surface area contributed by atoms with E-state index in [9.17, 15) is 13.6 Å². The van der Waals surface area contributed by atoms with Crippen molar-refractivity contribution in [1.82, 2.24) is 5.32 Å². The molecule has 21 heavy (non-hydrogen) atoms. The summed E-state index contributed by atoms with van der Waals surface area (Å²) >= 11 is 0. The molecule has 0 unspecified atom stereocenters. The number of carbonyl (C=O) groups excluding carboxylic acids is 1. The molecular weight excluding hydrogens is 276 g/mol. The highest BCUT2D eigenvalue weighted by Crippen LogP contribution is 2.15. The van der Waals surface area contributed by atoms with Gasteiger partial charge in [0.25, 0.3) is 5.91 Å². The molecule has 0 aliphatic heterocycles. The van der Waals surface area contributed by atoms with Crippen LogP contribution in [0.4, 0.5) is 8.78 Å². The second kappa shape index (κ2) is 6.83. The van der Waals surface area contributed by atoms with Gasteiger partial charge >= 0.3 is 0 Å². The molecule has 2 aromatic carbocycles. The van der Waals surface area contributed by atoms with Crippen LogP contribution in [0.3, 0.4) is 0 Å². The Hall–Kier alpha value is -2.43. The Morgan fingerprint density at radius 1 is 1.14 bits per heavy atom. The van der Waals surface area contributed by atoms with Gasteiger partial charge in [0.05, 0.1) is 6.54 Å². The minimum atomic E-state index is -0.962. The normalized spacial score (nSPS) is 10.2. The summed E-state index contributed by atoms with van der Waals surface area (Å²) in [6.45, 7) is 2.29. The van der Waals surface area contributed by atoms with E-state index in [1.807, 2.05) is 19.1 Å². The summed E-state index contributed by atoms with van der Waals surface area (Å²) in [6.07, 6.45) is 0. The maximum absolute atomic E-state index is 13.0. The fraction of sp³-hybridized carbons (Fsp3) is 0.188. The highest BCUT2D eigenvalue weighted by atomic mass is 19.2. The fourth-order valence-electron chi connectivity index (χ4n) is 1.82. The average molecular weight is 291 g/mol. The average Bonchev–Trinajstić information content (AvgIpc) is 2.47. The maximum atomic E-state index is 13.0. The lowest BCUT2D eigenvalue weighted by Gasteiger charge is -2.09. The molecule has 0 aromatic heterocycles. The SMILES string of the molecule is Cc1ccccc1C(=O)NCCOc1ccc(F)c(F)c1. The number of hydrogen-bond acceptors (Lipinski definition) is 2. The lowest BCUT2D eigenvalue weighted by molar-refractivity contribution is 0.0946. The summed E-state index contributed by atoms with van der Waals surface area (Å²) < 4.78 is 30.9. The number of hydrogen-bond donors (Lipinski definition) is 1. The van der Waals surface area contributed by atoms with Gasteiger partial charge in [-0.1, -0.05) is 18.2 Å². The summed E-state index contributed by atoms with van der Waals surface area (Å²) in [4.78, 5) is 11.9. The summed E-state index contributed by atoms with van der Waals surface area (Å²) in [5.74, 6) is -1.85. The van der Waals surface area contributed by atoms with Crippen molar-refractivity contribution in [2.24, 2.45) is 0 Å². The third kappa shape index (κ3) is 4.02. The Labute approximate surface area is 121 Å². The van der Waals surface area contributed by atoms with Gasteiger partial charge in [0.1, 0.15) is 12.4 Å². The fourth-order valence-corrected chi connectivity index (χ4v) is 1.82. The summed E-state index contributed by atoms with van der Waals surface area (Å²) in [7, 11) is 0. The number of rotatable bonds is 5. The largest absolute Gasteiger partial charge is 0.492 e. The molecule has 0 aliphatic carbocycles. The van der Waals surface area contributed by atoms with Crippen LogP contribution in [0.1, 0.15) is 15.9 Å². The van der Waals surface area contributed by atoms with Gasteiger partial charge in [-0.25, -0.2) is 8.78 Å². The van der Waals surface area contributed by atoms with Crippen LogP contribution < -0.4 is 10.1 Å². The standard InChI is InChI=1S/C16H15F2NO2/c1-11-4-2-3-5-13(11)16(20)19-8-9-21-12-6-7-14(17)15(18)10-12/h2-7,10H,8-9H2,1H3,(H,19,20). The van der Waals surface area contributed by atoms with Gasteiger partial charge in [0.15, 0.2) is 11.6 Å². The van der Waals surface area contributed by atoms with Gasteiger partial charge in [0.2, 0.25) is 0 Å². The molecule has 0 bridgehead atoms. The quantitative estimate of drug-likeness (QED) is 0.860. The summed E-state index contributed by atoms with van der Waals surface area (Å²) in [5, 5.41) is 2.70. The Morgan fingerprint density at radius 3 is 2.62 bits per heavy atom. The van der Waals surface area contributed by atoms with E-state index in [1.54, 1.807) is 12.1 Å². The topological polar surface area (TPSA) is 38.3 Å². The van der Waals surface area contributed by atoms with Gasteiger partial charge in [-0.05, 0) is 30.7 Å². The van der Waals surface area contributed by atoms with Crippen LogP contribution in [-0.4, -0.2) is 19.1 Å². The molecule has 0 aliphatic rings. The van der Waals surface area contributed by atoms with Crippen molar-refractivity contribution in [3.05, 3.63) is 65.2 Å². The molecule has 0 atom stereocenters. The lowest BCUT2D eigenvalue weighted by atomic mass is 10.1. The minimum Gasteiger partial charge on any atom is -0.492 e. The predicted octanol–water partition coefficient (Wildman–Crippen LogP) is 3.08. The number of halogens is 2. The van der Waals surface area contributed by atoms with Crippen LogP contribution in [0.25, 0.3) is 0 Å². The molecule has 110 valence electrons. The first kappa shape index (κ1) is 15.0. The molecule has 0 saturated carbocycles. The number of carbonyl (C=O) groups is 1. The highest BCUT2D eigenvalue weighted by molar-refractivity contribution is 5.95. The van der Waals surface area contributed by atoms with E-state index >= 15 is 0 Å². The molecule has 1 amide bonds. The first-order valence-corrected chi connectivity index (χ1v) is 6.49. The smallest absolute Gasteiger partial charge is 0.251 e. The highest BCUT2D eigenvalue weighted by Gasteiger charge is 2.07. The van der Waals surface area contributed by atoms with Crippen LogP contribution >= 0.6 is 0 Å². The second-order valence-corrected chi connectivity index (χ2v) is 4.50. The Morgan fingerprint density at radius 2 is 1.90 bits per heavy atom. The van der Waals surface area contributed by atoms with E-state index in [0.29, 0.717) is 5.56 Å². The Kier molecular flexibility index (Phi) is 4.87. The minimum absolute atomic E-state index is 0.169. The van der Waals surface area contributed by atoms with Crippen molar-refractivity contribution >= 4 is 5.91 Å². The molecule has 5 heteroatoms. The lowest BCUT2D eigenvalue weighted by Crippen LogP contribution is -2.28. The van der Waals surface area contributed by atoms with Gasteiger partial charge < -0.3 is 10.1 Å². The zero-order valence-electron chi connectivity index (χ0n) is 11.5.